The van der Waals surface area contributed by atoms with Gasteiger partial charge in [-0.2, -0.15) is 0 Å². The highest BCUT2D eigenvalue weighted by atomic mass is 16.7. The Kier molecular flexibility index (Phi) is 8.83. The lowest BCUT2D eigenvalue weighted by molar-refractivity contribution is -0.141. The Bertz CT molecular complexity index is 1210. The Morgan fingerprint density at radius 1 is 0.919 bits per heavy atom. The molecule has 0 radical (unpaired) electrons. The molecule has 0 aromatic heterocycles. The zero-order valence-corrected chi connectivity index (χ0v) is 21.9. The maximum Gasteiger partial charge on any atom is 0.243 e. The zero-order valence-electron chi connectivity index (χ0n) is 21.9. The lowest BCUT2D eigenvalue weighted by atomic mass is 10.0. The van der Waals surface area contributed by atoms with E-state index in [1.165, 1.54) is 0 Å². The third-order valence-corrected chi connectivity index (χ3v) is 6.77. The minimum atomic E-state index is -0.624. The Hall–Kier alpha value is -3.80. The van der Waals surface area contributed by atoms with Crippen molar-refractivity contribution in [3.8, 4) is 11.5 Å². The van der Waals surface area contributed by atoms with Gasteiger partial charge in [0.2, 0.25) is 18.6 Å². The van der Waals surface area contributed by atoms with Gasteiger partial charge >= 0.3 is 0 Å². The quantitative estimate of drug-likeness (QED) is 0.392. The number of nitrogens with zero attached hydrogens (tertiary/aromatic N) is 1. The Balaban J connectivity index is 1.60. The molecule has 0 bridgehead atoms. The molecule has 0 saturated heterocycles. The summed E-state index contributed by atoms with van der Waals surface area (Å²) >= 11 is 0. The van der Waals surface area contributed by atoms with Gasteiger partial charge in [-0.05, 0) is 55.5 Å². The lowest BCUT2D eigenvalue weighted by Crippen LogP contribution is -2.52. The molecule has 6 heteroatoms. The van der Waals surface area contributed by atoms with E-state index in [4.69, 9.17) is 9.47 Å². The summed E-state index contributed by atoms with van der Waals surface area (Å²) in [7, 11) is 0. The fraction of sp³-hybridized carbons (Fsp3) is 0.355. The summed E-state index contributed by atoms with van der Waals surface area (Å²) in [5.74, 6) is 1.25. The molecule has 0 aliphatic carbocycles. The van der Waals surface area contributed by atoms with Crippen molar-refractivity contribution in [3.63, 3.8) is 0 Å². The molecule has 3 aromatic carbocycles. The van der Waals surface area contributed by atoms with Crippen LogP contribution in [0.4, 0.5) is 0 Å². The molecule has 37 heavy (non-hydrogen) atoms. The summed E-state index contributed by atoms with van der Waals surface area (Å²) in [6, 6.07) is 23.2. The average molecular weight is 501 g/mol. The average Bonchev–Trinajstić information content (AvgIpc) is 3.38. The van der Waals surface area contributed by atoms with Crippen molar-refractivity contribution < 1.29 is 19.1 Å². The lowest BCUT2D eigenvalue weighted by Gasteiger charge is -2.32. The van der Waals surface area contributed by atoms with Crippen molar-refractivity contribution in [2.45, 2.75) is 65.1 Å². The second-order valence-electron chi connectivity index (χ2n) is 9.72. The minimum absolute atomic E-state index is 0.0235. The normalized spacial score (nSPS) is 13.6. The van der Waals surface area contributed by atoms with Crippen molar-refractivity contribution in [2.75, 3.05) is 6.79 Å². The monoisotopic (exact) mass is 500 g/mol. The summed E-state index contributed by atoms with van der Waals surface area (Å²) in [6.07, 6.45) is 2.10. The highest BCUT2D eigenvalue weighted by Crippen LogP contribution is 2.33. The summed E-state index contributed by atoms with van der Waals surface area (Å²) in [5.41, 5.74) is 4.14. The van der Waals surface area contributed by atoms with Crippen LogP contribution in [0.15, 0.2) is 72.8 Å². The first-order chi connectivity index (χ1) is 17.9. The number of fused-ring (bicyclic) bond motifs is 1. The maximum absolute atomic E-state index is 13.8. The first kappa shape index (κ1) is 26.3. The molecule has 2 atom stereocenters. The Morgan fingerprint density at radius 2 is 1.68 bits per heavy atom. The first-order valence-corrected chi connectivity index (χ1v) is 13.0. The second-order valence-corrected chi connectivity index (χ2v) is 9.72. The van der Waals surface area contributed by atoms with Crippen LogP contribution in [-0.2, 0) is 29.0 Å². The van der Waals surface area contributed by atoms with Crippen LogP contribution in [0.25, 0.3) is 0 Å². The Labute approximate surface area is 219 Å². The summed E-state index contributed by atoms with van der Waals surface area (Å²) in [5, 5.41) is 3.12. The van der Waals surface area contributed by atoms with Crippen LogP contribution in [0, 0.1) is 6.92 Å². The largest absolute Gasteiger partial charge is 0.454 e. The topological polar surface area (TPSA) is 67.9 Å². The van der Waals surface area contributed by atoms with E-state index in [1.54, 1.807) is 4.90 Å². The van der Waals surface area contributed by atoms with E-state index in [0.717, 1.165) is 34.4 Å². The van der Waals surface area contributed by atoms with Gasteiger partial charge in [0, 0.05) is 25.4 Å². The molecule has 3 aromatic rings. The van der Waals surface area contributed by atoms with E-state index in [1.807, 2.05) is 87.5 Å². The van der Waals surface area contributed by atoms with Crippen molar-refractivity contribution in [3.05, 3.63) is 95.1 Å². The zero-order chi connectivity index (χ0) is 26.2. The number of amides is 2. The molecular weight excluding hydrogens is 464 g/mol. The fourth-order valence-electron chi connectivity index (χ4n) is 4.49. The SMILES string of the molecule is CC[C@@H](C)NC(=O)[C@@H](Cc1ccccc1)N(Cc1cccc(C)c1)C(=O)CCc1ccc2c(c1)OCO2. The van der Waals surface area contributed by atoms with Gasteiger partial charge in [0.25, 0.3) is 0 Å². The van der Waals surface area contributed by atoms with Gasteiger partial charge in [0.05, 0.1) is 0 Å². The highest BCUT2D eigenvalue weighted by Gasteiger charge is 2.31. The van der Waals surface area contributed by atoms with Gasteiger partial charge in [-0.25, -0.2) is 0 Å². The van der Waals surface area contributed by atoms with Crippen molar-refractivity contribution in [2.24, 2.45) is 0 Å². The number of hydrogen-bond acceptors (Lipinski definition) is 4. The predicted octanol–water partition coefficient (Wildman–Crippen LogP) is 5.21. The van der Waals surface area contributed by atoms with E-state index in [0.29, 0.717) is 25.1 Å². The number of rotatable bonds is 11. The smallest absolute Gasteiger partial charge is 0.243 e. The van der Waals surface area contributed by atoms with Gasteiger partial charge in [0.1, 0.15) is 6.04 Å². The molecule has 1 aliphatic rings. The number of benzene rings is 3. The molecular formula is C31H36N2O4. The van der Waals surface area contributed by atoms with E-state index in [9.17, 15) is 9.59 Å². The van der Waals surface area contributed by atoms with Crippen LogP contribution in [0.3, 0.4) is 0 Å². The van der Waals surface area contributed by atoms with Crippen molar-refractivity contribution in [1.29, 1.82) is 0 Å². The molecule has 0 spiro atoms. The number of nitrogens with one attached hydrogen (secondary N) is 1. The summed E-state index contributed by atoms with van der Waals surface area (Å²) in [4.78, 5) is 29.2. The van der Waals surface area contributed by atoms with Crippen LogP contribution in [-0.4, -0.2) is 35.6 Å². The fourth-order valence-corrected chi connectivity index (χ4v) is 4.49. The van der Waals surface area contributed by atoms with E-state index in [-0.39, 0.29) is 31.1 Å². The maximum atomic E-state index is 13.8. The number of carbonyl (C=O) groups excluding carboxylic acids is 2. The second kappa shape index (κ2) is 12.4. The van der Waals surface area contributed by atoms with Crippen LogP contribution in [0.2, 0.25) is 0 Å². The van der Waals surface area contributed by atoms with E-state index >= 15 is 0 Å². The Morgan fingerprint density at radius 3 is 2.43 bits per heavy atom. The molecule has 194 valence electrons. The molecule has 1 N–H and O–H groups in total. The summed E-state index contributed by atoms with van der Waals surface area (Å²) in [6.45, 7) is 6.65. The van der Waals surface area contributed by atoms with Gasteiger partial charge < -0.3 is 19.7 Å². The number of hydrogen-bond donors (Lipinski definition) is 1. The standard InChI is InChI=1S/C31H36N2O4/c1-4-23(3)32-31(35)27(18-24-10-6-5-7-11-24)33(20-26-12-8-9-22(2)17-26)30(34)16-14-25-13-15-28-29(19-25)37-21-36-28/h5-13,15,17,19,23,27H,4,14,16,18,20-21H2,1-3H3,(H,32,35)/t23-,27-/m1/s1. The highest BCUT2D eigenvalue weighted by molar-refractivity contribution is 5.88. The van der Waals surface area contributed by atoms with Crippen LogP contribution >= 0.6 is 0 Å². The molecule has 6 nitrogen and oxygen atoms in total. The number of aryl methyl sites for hydroxylation is 2. The third kappa shape index (κ3) is 7.13. The number of carbonyl (C=O) groups is 2. The predicted molar refractivity (Wildman–Crippen MR) is 144 cm³/mol. The number of ether oxygens (including phenoxy) is 2. The summed E-state index contributed by atoms with van der Waals surface area (Å²) < 4.78 is 10.9. The van der Waals surface area contributed by atoms with Gasteiger partial charge in [-0.1, -0.05) is 73.2 Å². The van der Waals surface area contributed by atoms with Gasteiger partial charge in [0.15, 0.2) is 11.5 Å². The van der Waals surface area contributed by atoms with Crippen LogP contribution < -0.4 is 14.8 Å². The van der Waals surface area contributed by atoms with Gasteiger partial charge in [-0.15, -0.1) is 0 Å². The van der Waals surface area contributed by atoms with E-state index < -0.39 is 6.04 Å². The minimum Gasteiger partial charge on any atom is -0.454 e. The first-order valence-electron chi connectivity index (χ1n) is 13.0. The molecule has 1 heterocycles. The van der Waals surface area contributed by atoms with Crippen molar-refractivity contribution >= 4 is 11.8 Å². The molecule has 0 unspecified atom stereocenters. The third-order valence-electron chi connectivity index (χ3n) is 6.77. The van der Waals surface area contributed by atoms with Crippen LogP contribution in [0.1, 0.15) is 48.9 Å². The molecule has 1 aliphatic heterocycles. The molecule has 4 rings (SSSR count). The molecule has 0 fully saturated rings. The van der Waals surface area contributed by atoms with Crippen LogP contribution in [0.5, 0.6) is 11.5 Å². The molecule has 0 saturated carbocycles. The molecule has 2 amide bonds. The van der Waals surface area contributed by atoms with Gasteiger partial charge in [-0.3, -0.25) is 9.59 Å². The van der Waals surface area contributed by atoms with E-state index in [2.05, 4.69) is 11.4 Å². The van der Waals surface area contributed by atoms with Crippen molar-refractivity contribution in [1.82, 2.24) is 10.2 Å².